The van der Waals surface area contributed by atoms with Gasteiger partial charge in [0.25, 0.3) is 11.1 Å². The van der Waals surface area contributed by atoms with E-state index in [0.29, 0.717) is 36.7 Å². The van der Waals surface area contributed by atoms with Gasteiger partial charge in [0.15, 0.2) is 11.5 Å². The van der Waals surface area contributed by atoms with E-state index >= 15 is 0 Å². The monoisotopic (exact) mass is 712 g/mol. The molecule has 1 fully saturated rings. The Bertz CT molecular complexity index is 1660. The zero-order chi connectivity index (χ0) is 32.5. The number of hydrogen-bond acceptors (Lipinski definition) is 8. The molecule has 0 saturated carbocycles. The largest absolute Gasteiger partial charge is 0.490 e. The van der Waals surface area contributed by atoms with Gasteiger partial charge in [-0.2, -0.15) is 0 Å². The lowest BCUT2D eigenvalue weighted by Crippen LogP contribution is -2.36. The molecule has 0 unspecified atom stereocenters. The number of hydrogen-bond donors (Lipinski definition) is 1. The molecule has 1 aliphatic rings. The average molecular weight is 714 g/mol. The van der Waals surface area contributed by atoms with E-state index in [-0.39, 0.29) is 27.8 Å². The molecule has 12 heteroatoms. The van der Waals surface area contributed by atoms with Gasteiger partial charge in [-0.1, -0.05) is 45.7 Å². The van der Waals surface area contributed by atoms with Crippen LogP contribution >= 0.6 is 39.3 Å². The molecule has 3 aromatic rings. The van der Waals surface area contributed by atoms with Crippen molar-refractivity contribution in [1.82, 2.24) is 4.90 Å². The van der Waals surface area contributed by atoms with E-state index in [4.69, 9.17) is 25.8 Å². The molecule has 1 N–H and O–H groups in total. The molecular weight excluding hydrogens is 684 g/mol. The SMILES string of the molecule is C=CCc1cc(/C=C2\SC(=O)N(CC(=O)Nc3ccc(Cl)c(C(=O)OCC)c3)C2=O)cc(OCC)c1OCc1ccc(Br)cc1. The number of imide groups is 1. The number of ether oxygens (including phenoxy) is 3. The molecule has 1 heterocycles. The molecule has 0 bridgehead atoms. The summed E-state index contributed by atoms with van der Waals surface area (Å²) in [5.41, 5.74) is 2.73. The van der Waals surface area contributed by atoms with Gasteiger partial charge in [-0.15, -0.1) is 6.58 Å². The zero-order valence-corrected chi connectivity index (χ0v) is 27.7. The number of amides is 3. The Hall–Kier alpha value is -4.06. The third-order valence-electron chi connectivity index (χ3n) is 6.33. The first-order chi connectivity index (χ1) is 21.6. The molecule has 3 aromatic carbocycles. The van der Waals surface area contributed by atoms with Gasteiger partial charge in [-0.05, 0) is 91.7 Å². The molecule has 3 amide bonds. The highest BCUT2D eigenvalue weighted by molar-refractivity contribution is 9.10. The lowest BCUT2D eigenvalue weighted by molar-refractivity contribution is -0.127. The second kappa shape index (κ2) is 15.8. The number of allylic oxidation sites excluding steroid dienone is 1. The number of benzene rings is 3. The van der Waals surface area contributed by atoms with Crippen LogP contribution in [0.2, 0.25) is 5.02 Å². The summed E-state index contributed by atoms with van der Waals surface area (Å²) < 4.78 is 18.0. The minimum Gasteiger partial charge on any atom is -0.490 e. The summed E-state index contributed by atoms with van der Waals surface area (Å²) in [5, 5.41) is 2.17. The predicted molar refractivity (Wildman–Crippen MR) is 179 cm³/mol. The van der Waals surface area contributed by atoms with E-state index in [1.165, 1.54) is 18.2 Å². The number of rotatable bonds is 13. The third kappa shape index (κ3) is 8.78. The third-order valence-corrected chi connectivity index (χ3v) is 8.10. The number of halogens is 2. The van der Waals surface area contributed by atoms with Gasteiger partial charge < -0.3 is 19.5 Å². The van der Waals surface area contributed by atoms with Crippen LogP contribution in [0, 0.1) is 0 Å². The summed E-state index contributed by atoms with van der Waals surface area (Å²) in [4.78, 5) is 51.9. The van der Waals surface area contributed by atoms with Crippen LogP contribution in [-0.4, -0.2) is 47.7 Å². The van der Waals surface area contributed by atoms with Crippen LogP contribution in [0.4, 0.5) is 10.5 Å². The molecule has 9 nitrogen and oxygen atoms in total. The highest BCUT2D eigenvalue weighted by Gasteiger charge is 2.36. The Labute approximate surface area is 278 Å². The van der Waals surface area contributed by atoms with E-state index in [1.807, 2.05) is 37.3 Å². The van der Waals surface area contributed by atoms with Crippen LogP contribution in [-0.2, 0) is 27.4 Å². The van der Waals surface area contributed by atoms with Crippen molar-refractivity contribution in [2.45, 2.75) is 26.9 Å². The number of thioether (sulfide) groups is 1. The molecule has 0 spiro atoms. The normalized spacial score (nSPS) is 13.6. The van der Waals surface area contributed by atoms with Crippen molar-refractivity contribution in [3.63, 3.8) is 0 Å². The molecule has 0 aromatic heterocycles. The van der Waals surface area contributed by atoms with Crippen LogP contribution in [0.15, 0.2) is 76.6 Å². The van der Waals surface area contributed by atoms with Crippen LogP contribution in [0.5, 0.6) is 11.5 Å². The minimum absolute atomic E-state index is 0.0809. The maximum absolute atomic E-state index is 13.2. The van der Waals surface area contributed by atoms with Gasteiger partial charge in [-0.25, -0.2) is 4.79 Å². The van der Waals surface area contributed by atoms with Crippen molar-refractivity contribution in [2.75, 3.05) is 25.1 Å². The van der Waals surface area contributed by atoms with Crippen LogP contribution < -0.4 is 14.8 Å². The van der Waals surface area contributed by atoms with Crippen LogP contribution in [0.3, 0.4) is 0 Å². The summed E-state index contributed by atoms with van der Waals surface area (Å²) in [7, 11) is 0. The highest BCUT2D eigenvalue weighted by Crippen LogP contribution is 2.38. The average Bonchev–Trinajstić information content (AvgIpc) is 3.26. The van der Waals surface area contributed by atoms with E-state index in [0.717, 1.165) is 32.3 Å². The fourth-order valence-corrected chi connectivity index (χ4v) is 5.63. The van der Waals surface area contributed by atoms with Crippen molar-refractivity contribution in [3.05, 3.63) is 104 Å². The summed E-state index contributed by atoms with van der Waals surface area (Å²) >= 11 is 10.3. The predicted octanol–water partition coefficient (Wildman–Crippen LogP) is 7.66. The molecule has 1 aliphatic heterocycles. The quantitative estimate of drug-likeness (QED) is 0.109. The summed E-state index contributed by atoms with van der Waals surface area (Å²) in [6.45, 7) is 7.71. The first-order valence-electron chi connectivity index (χ1n) is 13.9. The molecular formula is C33H30BrClN2O7S. The zero-order valence-electron chi connectivity index (χ0n) is 24.6. The Balaban J connectivity index is 1.51. The van der Waals surface area contributed by atoms with Crippen molar-refractivity contribution < 1.29 is 33.4 Å². The standard InChI is InChI=1S/C33H30BrClN2O7S/c1-4-7-22-14-21(15-27(42-5-2)30(22)44-19-20-8-10-23(34)11-9-20)16-28-31(39)37(33(41)45-28)18-29(38)36-24-12-13-26(35)25(17-24)32(40)43-6-3/h4,8-17H,1,5-7,18-19H2,2-3H3,(H,36,38)/b28-16-. The van der Waals surface area contributed by atoms with Crippen molar-refractivity contribution in [1.29, 1.82) is 0 Å². The fourth-order valence-electron chi connectivity index (χ4n) is 4.34. The smallest absolute Gasteiger partial charge is 0.339 e. The van der Waals surface area contributed by atoms with Gasteiger partial charge in [-0.3, -0.25) is 19.3 Å². The number of nitrogens with zero attached hydrogens (tertiary/aromatic N) is 1. The van der Waals surface area contributed by atoms with Gasteiger partial charge in [0, 0.05) is 15.7 Å². The maximum Gasteiger partial charge on any atom is 0.339 e. The summed E-state index contributed by atoms with van der Waals surface area (Å²) in [6.07, 6.45) is 3.80. The second-order valence-corrected chi connectivity index (χ2v) is 11.9. The lowest BCUT2D eigenvalue weighted by atomic mass is 10.0. The van der Waals surface area contributed by atoms with Gasteiger partial charge in [0.1, 0.15) is 13.2 Å². The minimum atomic E-state index is -0.636. The van der Waals surface area contributed by atoms with Gasteiger partial charge in [0.2, 0.25) is 5.91 Å². The van der Waals surface area contributed by atoms with Crippen molar-refractivity contribution >= 4 is 74.1 Å². The Morgan fingerprint density at radius 1 is 1.04 bits per heavy atom. The number of anilines is 1. The van der Waals surface area contributed by atoms with E-state index < -0.39 is 29.6 Å². The molecule has 0 radical (unpaired) electrons. The number of carbonyl (C=O) groups is 4. The number of carbonyl (C=O) groups excluding carboxylic acids is 4. The van der Waals surface area contributed by atoms with E-state index in [9.17, 15) is 19.2 Å². The number of nitrogens with one attached hydrogen (secondary N) is 1. The van der Waals surface area contributed by atoms with Gasteiger partial charge in [0.05, 0.1) is 28.7 Å². The summed E-state index contributed by atoms with van der Waals surface area (Å²) in [6, 6.07) is 15.7. The topological polar surface area (TPSA) is 111 Å². The van der Waals surface area contributed by atoms with Crippen molar-refractivity contribution in [2.24, 2.45) is 0 Å². The first-order valence-corrected chi connectivity index (χ1v) is 15.9. The highest BCUT2D eigenvalue weighted by atomic mass is 79.9. The molecule has 0 atom stereocenters. The first kappa shape index (κ1) is 33.8. The molecule has 45 heavy (non-hydrogen) atoms. The molecule has 4 rings (SSSR count). The Morgan fingerprint density at radius 2 is 1.80 bits per heavy atom. The van der Waals surface area contributed by atoms with Gasteiger partial charge >= 0.3 is 5.97 Å². The second-order valence-electron chi connectivity index (χ2n) is 9.58. The number of esters is 1. The fraction of sp³-hybridized carbons (Fsp3) is 0.212. The van der Waals surface area contributed by atoms with E-state index in [2.05, 4.69) is 27.8 Å². The molecule has 234 valence electrons. The van der Waals surface area contributed by atoms with Crippen LogP contribution in [0.25, 0.3) is 6.08 Å². The molecule has 0 aliphatic carbocycles. The van der Waals surface area contributed by atoms with E-state index in [1.54, 1.807) is 25.1 Å². The maximum atomic E-state index is 13.2. The molecule has 1 saturated heterocycles. The Morgan fingerprint density at radius 3 is 2.49 bits per heavy atom. The summed E-state index contributed by atoms with van der Waals surface area (Å²) in [5.74, 6) is -0.821. The Kier molecular flexibility index (Phi) is 11.9. The lowest BCUT2D eigenvalue weighted by Gasteiger charge is -2.17. The van der Waals surface area contributed by atoms with Crippen LogP contribution in [0.1, 0.15) is 40.9 Å². The van der Waals surface area contributed by atoms with Crippen molar-refractivity contribution in [3.8, 4) is 11.5 Å².